The highest BCUT2D eigenvalue weighted by molar-refractivity contribution is 6.35. The molecule has 2 aromatic rings. The molecule has 6 nitrogen and oxygen atoms in total. The van der Waals surface area contributed by atoms with Crippen LogP contribution < -0.4 is 5.32 Å². The van der Waals surface area contributed by atoms with Crippen LogP contribution in [0.5, 0.6) is 0 Å². The minimum atomic E-state index is -0.534. The third kappa shape index (κ3) is 3.80. The summed E-state index contributed by atoms with van der Waals surface area (Å²) in [7, 11) is 0. The lowest BCUT2D eigenvalue weighted by atomic mass is 10.1. The third-order valence-corrected chi connectivity index (χ3v) is 3.07. The molecular weight excluding hydrogens is 315 g/mol. The maximum Gasteiger partial charge on any atom is 0.313 e. The molecule has 0 spiro atoms. The highest BCUT2D eigenvalue weighted by Gasteiger charge is 2.19. The van der Waals surface area contributed by atoms with Crippen LogP contribution in [0, 0.1) is 10.1 Å². The standard InChI is InChI=1S/C13H12Cl2N4O2/c1-2-3-16-13-17-7-11(19(20)21)12(18-13)8-4-9(14)6-10(15)5-8/h4-7H,2-3H2,1H3,(H,16,17,18). The summed E-state index contributed by atoms with van der Waals surface area (Å²) in [5.41, 5.74) is 0.453. The molecule has 0 bridgehead atoms. The predicted molar refractivity (Wildman–Crippen MR) is 82.9 cm³/mol. The molecule has 0 unspecified atom stereocenters. The Balaban J connectivity index is 2.54. The van der Waals surface area contributed by atoms with Crippen molar-refractivity contribution < 1.29 is 4.92 Å². The number of nitrogens with zero attached hydrogens (tertiary/aromatic N) is 3. The van der Waals surface area contributed by atoms with Crippen LogP contribution in [-0.2, 0) is 0 Å². The number of hydrogen-bond donors (Lipinski definition) is 1. The molecule has 2 rings (SSSR count). The highest BCUT2D eigenvalue weighted by atomic mass is 35.5. The van der Waals surface area contributed by atoms with Crippen LogP contribution in [0.2, 0.25) is 10.0 Å². The van der Waals surface area contributed by atoms with Crippen molar-refractivity contribution in [2.75, 3.05) is 11.9 Å². The quantitative estimate of drug-likeness (QED) is 0.658. The molecule has 21 heavy (non-hydrogen) atoms. The van der Waals surface area contributed by atoms with E-state index in [9.17, 15) is 10.1 Å². The fourth-order valence-electron chi connectivity index (χ4n) is 1.73. The highest BCUT2D eigenvalue weighted by Crippen LogP contribution is 2.32. The van der Waals surface area contributed by atoms with E-state index >= 15 is 0 Å². The van der Waals surface area contributed by atoms with E-state index in [1.165, 1.54) is 6.20 Å². The summed E-state index contributed by atoms with van der Waals surface area (Å²) in [5.74, 6) is 0.327. The normalized spacial score (nSPS) is 10.4. The van der Waals surface area contributed by atoms with Crippen LogP contribution in [0.4, 0.5) is 11.6 Å². The Morgan fingerprint density at radius 1 is 1.29 bits per heavy atom. The lowest BCUT2D eigenvalue weighted by molar-refractivity contribution is -0.384. The van der Waals surface area contributed by atoms with Gasteiger partial charge in [0.15, 0.2) is 5.69 Å². The maximum atomic E-state index is 11.1. The number of nitrogens with one attached hydrogen (secondary N) is 1. The number of anilines is 1. The number of benzene rings is 1. The topological polar surface area (TPSA) is 81.0 Å². The Morgan fingerprint density at radius 2 is 1.95 bits per heavy atom. The first-order valence-electron chi connectivity index (χ1n) is 6.23. The Kier molecular flexibility index (Phi) is 4.93. The number of aromatic nitrogens is 2. The summed E-state index contributed by atoms with van der Waals surface area (Å²) >= 11 is 11.9. The van der Waals surface area contributed by atoms with E-state index in [1.54, 1.807) is 18.2 Å². The number of hydrogen-bond acceptors (Lipinski definition) is 5. The van der Waals surface area contributed by atoms with Crippen molar-refractivity contribution in [2.45, 2.75) is 13.3 Å². The molecule has 1 heterocycles. The van der Waals surface area contributed by atoms with Gasteiger partial charge in [0.05, 0.1) is 4.92 Å². The molecule has 0 saturated heterocycles. The number of rotatable bonds is 5. The van der Waals surface area contributed by atoms with Crippen molar-refractivity contribution in [3.63, 3.8) is 0 Å². The van der Waals surface area contributed by atoms with Crippen molar-refractivity contribution in [2.24, 2.45) is 0 Å². The second-order valence-electron chi connectivity index (χ2n) is 4.27. The molecule has 0 saturated carbocycles. The molecule has 0 aliphatic carbocycles. The van der Waals surface area contributed by atoms with E-state index in [2.05, 4.69) is 15.3 Å². The van der Waals surface area contributed by atoms with E-state index in [0.717, 1.165) is 6.42 Å². The Bertz CT molecular complexity index is 659. The van der Waals surface area contributed by atoms with Crippen molar-refractivity contribution in [1.82, 2.24) is 9.97 Å². The van der Waals surface area contributed by atoms with E-state index in [1.807, 2.05) is 6.92 Å². The smallest absolute Gasteiger partial charge is 0.313 e. The van der Waals surface area contributed by atoms with E-state index in [4.69, 9.17) is 23.2 Å². The fourth-order valence-corrected chi connectivity index (χ4v) is 2.26. The summed E-state index contributed by atoms with van der Waals surface area (Å²) < 4.78 is 0. The molecule has 8 heteroatoms. The minimum Gasteiger partial charge on any atom is -0.354 e. The predicted octanol–water partition coefficient (Wildman–Crippen LogP) is 4.18. The lowest BCUT2D eigenvalue weighted by Crippen LogP contribution is -2.06. The summed E-state index contributed by atoms with van der Waals surface area (Å²) in [6, 6.07) is 4.70. The van der Waals surface area contributed by atoms with E-state index in [-0.39, 0.29) is 11.4 Å². The zero-order valence-corrected chi connectivity index (χ0v) is 12.6. The first-order chi connectivity index (χ1) is 10.0. The zero-order valence-electron chi connectivity index (χ0n) is 11.1. The van der Waals surface area contributed by atoms with E-state index < -0.39 is 4.92 Å². The van der Waals surface area contributed by atoms with Crippen molar-refractivity contribution in [3.8, 4) is 11.3 Å². The molecule has 0 radical (unpaired) electrons. The average Bonchev–Trinajstić information content (AvgIpc) is 2.43. The molecule has 0 aliphatic heterocycles. The molecule has 0 fully saturated rings. The van der Waals surface area contributed by atoms with Gasteiger partial charge < -0.3 is 5.32 Å². The molecule has 110 valence electrons. The van der Waals surface area contributed by atoms with Gasteiger partial charge in [-0.15, -0.1) is 0 Å². The van der Waals surface area contributed by atoms with Crippen LogP contribution in [0.15, 0.2) is 24.4 Å². The van der Waals surface area contributed by atoms with Crippen LogP contribution in [-0.4, -0.2) is 21.4 Å². The Hall–Kier alpha value is -1.92. The Labute approximate surface area is 131 Å². The Morgan fingerprint density at radius 3 is 2.52 bits per heavy atom. The van der Waals surface area contributed by atoms with Crippen molar-refractivity contribution in [3.05, 3.63) is 44.6 Å². The molecule has 1 N–H and O–H groups in total. The van der Waals surface area contributed by atoms with Gasteiger partial charge in [0.2, 0.25) is 5.95 Å². The van der Waals surface area contributed by atoms with Gasteiger partial charge >= 0.3 is 5.69 Å². The summed E-state index contributed by atoms with van der Waals surface area (Å²) in [6.07, 6.45) is 2.06. The largest absolute Gasteiger partial charge is 0.354 e. The molecular formula is C13H12Cl2N4O2. The van der Waals surface area contributed by atoms with Gasteiger partial charge in [-0.05, 0) is 24.6 Å². The van der Waals surface area contributed by atoms with Crippen LogP contribution in [0.3, 0.4) is 0 Å². The van der Waals surface area contributed by atoms with Gasteiger partial charge in [0, 0.05) is 22.2 Å². The van der Waals surface area contributed by atoms with Crippen molar-refractivity contribution in [1.29, 1.82) is 0 Å². The second-order valence-corrected chi connectivity index (χ2v) is 5.14. The summed E-state index contributed by atoms with van der Waals surface area (Å²) in [5, 5.41) is 14.9. The van der Waals surface area contributed by atoms with Gasteiger partial charge in [0.25, 0.3) is 0 Å². The number of nitro groups is 1. The van der Waals surface area contributed by atoms with Crippen LogP contribution in [0.25, 0.3) is 11.3 Å². The van der Waals surface area contributed by atoms with Crippen LogP contribution in [0.1, 0.15) is 13.3 Å². The first kappa shape index (κ1) is 15.5. The molecule has 1 aromatic heterocycles. The summed E-state index contributed by atoms with van der Waals surface area (Å²) in [6.45, 7) is 2.67. The molecule has 0 amide bonds. The fraction of sp³-hybridized carbons (Fsp3) is 0.231. The van der Waals surface area contributed by atoms with Gasteiger partial charge in [-0.3, -0.25) is 10.1 Å². The molecule has 0 atom stereocenters. The summed E-state index contributed by atoms with van der Waals surface area (Å²) in [4.78, 5) is 18.7. The molecule has 0 aliphatic rings. The van der Waals surface area contributed by atoms with Gasteiger partial charge in [-0.1, -0.05) is 30.1 Å². The minimum absolute atomic E-state index is 0.179. The average molecular weight is 327 g/mol. The first-order valence-corrected chi connectivity index (χ1v) is 6.98. The van der Waals surface area contributed by atoms with Gasteiger partial charge in [0.1, 0.15) is 6.20 Å². The van der Waals surface area contributed by atoms with Crippen molar-refractivity contribution >= 4 is 34.8 Å². The lowest BCUT2D eigenvalue weighted by Gasteiger charge is -2.07. The van der Waals surface area contributed by atoms with Gasteiger partial charge in [-0.2, -0.15) is 0 Å². The van der Waals surface area contributed by atoms with Crippen LogP contribution >= 0.6 is 23.2 Å². The third-order valence-electron chi connectivity index (χ3n) is 2.64. The SMILES string of the molecule is CCCNc1ncc([N+](=O)[O-])c(-c2cc(Cl)cc(Cl)c2)n1. The van der Waals surface area contributed by atoms with E-state index in [0.29, 0.717) is 28.1 Å². The second kappa shape index (κ2) is 6.69. The monoisotopic (exact) mass is 326 g/mol. The zero-order chi connectivity index (χ0) is 15.4. The molecule has 1 aromatic carbocycles. The van der Waals surface area contributed by atoms with Gasteiger partial charge in [-0.25, -0.2) is 9.97 Å². The maximum absolute atomic E-state index is 11.1. The number of halogens is 2.